The van der Waals surface area contributed by atoms with Gasteiger partial charge >= 0.3 is 0 Å². The molecule has 2 heterocycles. The van der Waals surface area contributed by atoms with Crippen molar-refractivity contribution in [3.05, 3.63) is 11.1 Å². The second-order valence-electron chi connectivity index (χ2n) is 6.11. The van der Waals surface area contributed by atoms with E-state index in [0.717, 1.165) is 31.7 Å². The fraction of sp³-hybridized carbons (Fsp3) is 0.812. The maximum Gasteiger partial charge on any atom is 0.185 e. The first-order chi connectivity index (χ1) is 10.2. The number of hydrogen-bond acceptors (Lipinski definition) is 5. The number of thiazole rings is 1. The summed E-state index contributed by atoms with van der Waals surface area (Å²) in [4.78, 5) is 6.99. The van der Waals surface area contributed by atoms with E-state index in [1.165, 1.54) is 30.8 Å². The fourth-order valence-corrected chi connectivity index (χ4v) is 3.89. The van der Waals surface area contributed by atoms with E-state index in [4.69, 9.17) is 5.11 Å². The van der Waals surface area contributed by atoms with Crippen LogP contribution in [0.25, 0.3) is 0 Å². The molecule has 1 atom stereocenters. The van der Waals surface area contributed by atoms with Crippen LogP contribution in [0, 0.1) is 12.8 Å². The zero-order chi connectivity index (χ0) is 15.1. The molecular formula is C16H29N3OS. The van der Waals surface area contributed by atoms with E-state index < -0.39 is 0 Å². The number of piperidine rings is 1. The number of aliphatic hydroxyl groups excluding tert-OH is 1. The minimum Gasteiger partial charge on any atom is -0.396 e. The molecule has 5 heteroatoms. The van der Waals surface area contributed by atoms with Crippen molar-refractivity contribution in [2.75, 3.05) is 31.1 Å². The van der Waals surface area contributed by atoms with Crippen molar-refractivity contribution in [3.8, 4) is 0 Å². The Hall–Kier alpha value is -0.650. The van der Waals surface area contributed by atoms with Gasteiger partial charge in [0.25, 0.3) is 0 Å². The van der Waals surface area contributed by atoms with Crippen LogP contribution >= 0.6 is 11.3 Å². The average molecular weight is 311 g/mol. The van der Waals surface area contributed by atoms with Crippen molar-refractivity contribution in [3.63, 3.8) is 0 Å². The fourth-order valence-electron chi connectivity index (χ4n) is 3.03. The lowest BCUT2D eigenvalue weighted by atomic mass is 9.98. The normalized spacial score (nSPS) is 18.1. The van der Waals surface area contributed by atoms with E-state index in [1.54, 1.807) is 11.3 Å². The van der Waals surface area contributed by atoms with Crippen molar-refractivity contribution in [1.29, 1.82) is 0 Å². The Morgan fingerprint density at radius 3 is 2.76 bits per heavy atom. The lowest BCUT2D eigenvalue weighted by Gasteiger charge is -2.33. The third kappa shape index (κ3) is 5.24. The van der Waals surface area contributed by atoms with E-state index >= 15 is 0 Å². The van der Waals surface area contributed by atoms with Gasteiger partial charge in [-0.25, -0.2) is 4.98 Å². The van der Waals surface area contributed by atoms with Crippen LogP contribution in [0.1, 0.15) is 44.7 Å². The van der Waals surface area contributed by atoms with Crippen LogP contribution in [0.2, 0.25) is 0 Å². The Bertz CT molecular complexity index is 396. The molecule has 0 radical (unpaired) electrons. The van der Waals surface area contributed by atoms with Crippen molar-refractivity contribution in [1.82, 2.24) is 10.3 Å². The lowest BCUT2D eigenvalue weighted by Crippen LogP contribution is -2.44. The number of nitrogens with one attached hydrogen (secondary N) is 1. The van der Waals surface area contributed by atoms with Crippen LogP contribution in [0.3, 0.4) is 0 Å². The molecule has 0 bridgehead atoms. The number of nitrogens with zero attached hydrogens (tertiary/aromatic N) is 2. The van der Waals surface area contributed by atoms with Crippen molar-refractivity contribution >= 4 is 16.5 Å². The monoisotopic (exact) mass is 311 g/mol. The third-order valence-corrected chi connectivity index (χ3v) is 5.32. The molecule has 0 spiro atoms. The Kier molecular flexibility index (Phi) is 6.93. The van der Waals surface area contributed by atoms with Crippen LogP contribution in [0.4, 0.5) is 5.13 Å². The van der Waals surface area contributed by atoms with Gasteiger partial charge in [0.1, 0.15) is 0 Å². The Morgan fingerprint density at radius 2 is 2.19 bits per heavy atom. The summed E-state index contributed by atoms with van der Waals surface area (Å²) in [6.07, 6.45) is 5.73. The predicted octanol–water partition coefficient (Wildman–Crippen LogP) is 2.81. The summed E-state index contributed by atoms with van der Waals surface area (Å²) in [5.74, 6) is 0.625. The highest BCUT2D eigenvalue weighted by molar-refractivity contribution is 7.13. The van der Waals surface area contributed by atoms with E-state index in [1.807, 2.05) is 0 Å². The van der Waals surface area contributed by atoms with Crippen molar-refractivity contribution in [2.24, 2.45) is 5.92 Å². The van der Waals surface area contributed by atoms with Crippen LogP contribution in [-0.4, -0.2) is 42.4 Å². The maximum atomic E-state index is 9.12. The lowest BCUT2D eigenvalue weighted by molar-refractivity contribution is 0.242. The highest BCUT2D eigenvalue weighted by atomic mass is 32.1. The first-order valence-corrected chi connectivity index (χ1v) is 9.12. The molecule has 0 saturated carbocycles. The smallest absolute Gasteiger partial charge is 0.185 e. The summed E-state index contributed by atoms with van der Waals surface area (Å²) in [6.45, 7) is 7.85. The molecule has 120 valence electrons. The van der Waals surface area contributed by atoms with Gasteiger partial charge < -0.3 is 15.3 Å². The zero-order valence-corrected chi connectivity index (χ0v) is 14.2. The number of rotatable bonds is 8. The number of anilines is 1. The summed E-state index contributed by atoms with van der Waals surface area (Å²) in [5.41, 5.74) is 1.13. The summed E-state index contributed by atoms with van der Waals surface area (Å²) in [5, 5.41) is 16.1. The Morgan fingerprint density at radius 1 is 1.43 bits per heavy atom. The van der Waals surface area contributed by atoms with Crippen LogP contribution < -0.4 is 10.2 Å². The molecule has 2 N–H and O–H groups in total. The SMILES string of the molecule is CCCC(CCO)CNC1CCN(c2nc(C)cs2)CC1. The first-order valence-electron chi connectivity index (χ1n) is 8.24. The van der Waals surface area contributed by atoms with Gasteiger partial charge in [0.2, 0.25) is 0 Å². The predicted molar refractivity (Wildman–Crippen MR) is 90.2 cm³/mol. The molecule has 1 aromatic heterocycles. The molecule has 21 heavy (non-hydrogen) atoms. The standard InChI is InChI=1S/C16H29N3OS/c1-3-4-14(7-10-20)11-17-15-5-8-19(9-6-15)16-18-13(2)12-21-16/h12,14-15,17,20H,3-11H2,1-2H3. The zero-order valence-electron chi connectivity index (χ0n) is 13.3. The van der Waals surface area contributed by atoms with Gasteiger partial charge in [-0.15, -0.1) is 11.3 Å². The van der Waals surface area contributed by atoms with E-state index in [-0.39, 0.29) is 0 Å². The third-order valence-electron chi connectivity index (χ3n) is 4.30. The Labute approximate surface area is 132 Å². The summed E-state index contributed by atoms with van der Waals surface area (Å²) in [7, 11) is 0. The largest absolute Gasteiger partial charge is 0.396 e. The summed E-state index contributed by atoms with van der Waals surface area (Å²) >= 11 is 1.76. The second kappa shape index (κ2) is 8.71. The van der Waals surface area contributed by atoms with Gasteiger partial charge in [0.05, 0.1) is 5.69 Å². The minimum atomic E-state index is 0.314. The molecule has 1 unspecified atom stereocenters. The molecule has 1 fully saturated rings. The molecule has 1 aliphatic heterocycles. The van der Waals surface area contributed by atoms with Crippen LogP contribution in [0.5, 0.6) is 0 Å². The minimum absolute atomic E-state index is 0.314. The maximum absolute atomic E-state index is 9.12. The molecule has 4 nitrogen and oxygen atoms in total. The van der Waals surface area contributed by atoms with Crippen molar-refractivity contribution < 1.29 is 5.11 Å². The van der Waals surface area contributed by atoms with Gasteiger partial charge in [-0.05, 0) is 45.1 Å². The highest BCUT2D eigenvalue weighted by Crippen LogP contribution is 2.24. The van der Waals surface area contributed by atoms with Gasteiger partial charge in [0, 0.05) is 31.1 Å². The summed E-state index contributed by atoms with van der Waals surface area (Å²) < 4.78 is 0. The van der Waals surface area contributed by atoms with Gasteiger partial charge in [-0.3, -0.25) is 0 Å². The highest BCUT2D eigenvalue weighted by Gasteiger charge is 2.21. The molecule has 0 aliphatic carbocycles. The Balaban J connectivity index is 1.71. The quantitative estimate of drug-likeness (QED) is 0.775. The second-order valence-corrected chi connectivity index (χ2v) is 6.94. The van der Waals surface area contributed by atoms with Gasteiger partial charge in [0.15, 0.2) is 5.13 Å². The van der Waals surface area contributed by atoms with E-state index in [2.05, 4.69) is 34.4 Å². The molecular weight excluding hydrogens is 282 g/mol. The topological polar surface area (TPSA) is 48.4 Å². The number of aryl methyl sites for hydroxylation is 1. The number of aliphatic hydroxyl groups is 1. The number of aromatic nitrogens is 1. The number of hydrogen-bond donors (Lipinski definition) is 2. The van der Waals surface area contributed by atoms with Gasteiger partial charge in [-0.1, -0.05) is 13.3 Å². The molecule has 2 rings (SSSR count). The molecule has 1 saturated heterocycles. The molecule has 1 aromatic rings. The van der Waals surface area contributed by atoms with E-state index in [0.29, 0.717) is 18.6 Å². The average Bonchev–Trinajstić information content (AvgIpc) is 2.92. The summed E-state index contributed by atoms with van der Waals surface area (Å²) in [6, 6.07) is 0.625. The molecule has 1 aliphatic rings. The van der Waals surface area contributed by atoms with E-state index in [9.17, 15) is 0 Å². The van der Waals surface area contributed by atoms with Crippen LogP contribution in [0.15, 0.2) is 5.38 Å². The van der Waals surface area contributed by atoms with Crippen LogP contribution in [-0.2, 0) is 0 Å². The molecule has 0 aromatic carbocycles. The van der Waals surface area contributed by atoms with Gasteiger partial charge in [-0.2, -0.15) is 0 Å². The molecule has 0 amide bonds. The van der Waals surface area contributed by atoms with Crippen molar-refractivity contribution in [2.45, 2.75) is 52.0 Å². The first kappa shape index (κ1) is 16.7.